The molecule has 0 aromatic carbocycles. The van der Waals surface area contributed by atoms with Gasteiger partial charge in [0.15, 0.2) is 0 Å². The van der Waals surface area contributed by atoms with Crippen LogP contribution in [0.15, 0.2) is 18.6 Å². The van der Waals surface area contributed by atoms with Crippen molar-refractivity contribution in [2.24, 2.45) is 23.7 Å². The number of rotatable bonds is 12. The lowest BCUT2D eigenvalue weighted by atomic mass is 10.1. The second-order valence-corrected chi connectivity index (χ2v) is 12.9. The Labute approximate surface area is 252 Å². The zero-order chi connectivity index (χ0) is 29.5. The summed E-state index contributed by atoms with van der Waals surface area (Å²) in [6, 6.07) is 0.417. The third-order valence-corrected chi connectivity index (χ3v) is 5.90. The van der Waals surface area contributed by atoms with E-state index in [9.17, 15) is 0 Å². The topological polar surface area (TPSA) is 92.1 Å². The van der Waals surface area contributed by atoms with Crippen LogP contribution in [0.1, 0.15) is 140 Å². The maximum atomic E-state index is 4.12. The predicted octanol–water partition coefficient (Wildman–Crippen LogP) is 8.30. The lowest BCUT2D eigenvalue weighted by molar-refractivity contribution is 0.472. The molecule has 3 aromatic rings. The molecule has 0 aliphatic carbocycles. The molecule has 0 unspecified atom stereocenters. The Morgan fingerprint density at radius 1 is 0.585 bits per heavy atom. The van der Waals surface area contributed by atoms with Crippen LogP contribution in [-0.2, 0) is 25.9 Å². The number of hydrogen-bond donors (Lipinski definition) is 0. The summed E-state index contributed by atoms with van der Waals surface area (Å²) < 4.78 is 5.79. The van der Waals surface area contributed by atoms with Crippen molar-refractivity contribution in [3.63, 3.8) is 0 Å². The third kappa shape index (κ3) is 18.5. The van der Waals surface area contributed by atoms with Crippen molar-refractivity contribution in [2.75, 3.05) is 0 Å². The maximum absolute atomic E-state index is 4.12. The number of nitrogens with zero attached hydrogens (tertiary/aromatic N) is 9. The van der Waals surface area contributed by atoms with Crippen molar-refractivity contribution >= 4 is 0 Å². The van der Waals surface area contributed by atoms with Crippen LogP contribution < -0.4 is 0 Å². The summed E-state index contributed by atoms with van der Waals surface area (Å²) in [4.78, 5) is 0. The summed E-state index contributed by atoms with van der Waals surface area (Å²) in [7, 11) is 0. The molecule has 0 atom stereocenters. The Bertz CT molecular complexity index is 931. The SMILES string of the molecule is C.C.CC(C)CCc1cn(C(C)C)nn1.CC(C)CCn1cc(C(C)C)nn1.CC(C)Cc1cn(CC(C)C)nn1. The van der Waals surface area contributed by atoms with E-state index in [4.69, 9.17) is 0 Å². The van der Waals surface area contributed by atoms with Crippen molar-refractivity contribution in [3.05, 3.63) is 35.7 Å². The maximum Gasteiger partial charge on any atom is 0.0852 e. The first-order chi connectivity index (χ1) is 18.3. The normalized spacial score (nSPS) is 11.0. The molecule has 0 aliphatic heterocycles. The van der Waals surface area contributed by atoms with E-state index in [0.29, 0.717) is 23.8 Å². The van der Waals surface area contributed by atoms with Gasteiger partial charge in [0.25, 0.3) is 0 Å². The van der Waals surface area contributed by atoms with E-state index in [-0.39, 0.29) is 14.9 Å². The van der Waals surface area contributed by atoms with Gasteiger partial charge in [-0.1, -0.05) is 99.7 Å². The fourth-order valence-electron chi connectivity index (χ4n) is 3.51. The van der Waals surface area contributed by atoms with Gasteiger partial charge in [0, 0.05) is 37.7 Å². The first-order valence-corrected chi connectivity index (χ1v) is 15.0. The zero-order valence-electron chi connectivity index (χ0n) is 27.0. The Morgan fingerprint density at radius 3 is 1.63 bits per heavy atom. The minimum atomic E-state index is 0. The Balaban J connectivity index is 0. The van der Waals surface area contributed by atoms with Crippen LogP contribution >= 0.6 is 0 Å². The summed E-state index contributed by atoms with van der Waals surface area (Å²) >= 11 is 0. The first kappa shape index (κ1) is 40.6. The van der Waals surface area contributed by atoms with Gasteiger partial charge in [-0.25, -0.2) is 4.68 Å². The third-order valence-electron chi connectivity index (χ3n) is 5.90. The van der Waals surface area contributed by atoms with Gasteiger partial charge in [0.1, 0.15) is 0 Å². The molecule has 0 radical (unpaired) electrons. The first-order valence-electron chi connectivity index (χ1n) is 15.0. The molecule has 0 amide bonds. The molecule has 0 saturated heterocycles. The highest BCUT2D eigenvalue weighted by molar-refractivity contribution is 4.98. The van der Waals surface area contributed by atoms with E-state index in [1.54, 1.807) is 0 Å². The van der Waals surface area contributed by atoms with Gasteiger partial charge in [-0.05, 0) is 69.1 Å². The van der Waals surface area contributed by atoms with Gasteiger partial charge >= 0.3 is 0 Å². The quantitative estimate of drug-likeness (QED) is 0.216. The van der Waals surface area contributed by atoms with Crippen molar-refractivity contribution in [1.82, 2.24) is 45.0 Å². The van der Waals surface area contributed by atoms with Crippen LogP contribution in [-0.4, -0.2) is 45.0 Å². The van der Waals surface area contributed by atoms with E-state index in [1.807, 2.05) is 26.4 Å². The van der Waals surface area contributed by atoms with Gasteiger partial charge in [-0.3, -0.25) is 9.36 Å². The minimum Gasteiger partial charge on any atom is -0.252 e. The fourth-order valence-corrected chi connectivity index (χ4v) is 3.51. The standard InChI is InChI=1S/3C10H19N3.2CH4/c1-8(2)5-10-7-13(12-11-10)6-9(3)4;1-8(2)5-6-13-7-10(9(3)4)11-12-13;1-8(2)5-6-10-7-13(9(3)4)12-11-10;;/h3*7-9H,5-6H2,1-4H3;2*1H4. The molecule has 9 nitrogen and oxygen atoms in total. The number of aromatic nitrogens is 9. The average Bonchev–Trinajstić information content (AvgIpc) is 3.58. The molecule has 3 rings (SSSR count). The molecule has 0 spiro atoms. The monoisotopic (exact) mass is 576 g/mol. The molecule has 3 heterocycles. The second kappa shape index (κ2) is 21.2. The summed E-state index contributed by atoms with van der Waals surface area (Å²) in [6.45, 7) is 28.1. The van der Waals surface area contributed by atoms with Crippen molar-refractivity contribution in [2.45, 2.75) is 149 Å². The Morgan fingerprint density at radius 2 is 1.17 bits per heavy atom. The molecule has 0 bridgehead atoms. The Kier molecular flexibility index (Phi) is 20.9. The highest BCUT2D eigenvalue weighted by atomic mass is 15.4. The molecule has 0 saturated carbocycles. The highest BCUT2D eigenvalue weighted by Crippen LogP contribution is 2.11. The van der Waals surface area contributed by atoms with Gasteiger partial charge in [0.2, 0.25) is 0 Å². The fraction of sp³-hybridized carbons (Fsp3) is 0.812. The molecule has 238 valence electrons. The van der Waals surface area contributed by atoms with E-state index >= 15 is 0 Å². The number of hydrogen-bond acceptors (Lipinski definition) is 6. The molecule has 0 N–H and O–H groups in total. The summed E-state index contributed by atoms with van der Waals surface area (Å²) in [5, 5.41) is 24.6. The van der Waals surface area contributed by atoms with E-state index in [1.165, 1.54) is 12.8 Å². The molecular formula is C32H65N9. The molecule has 41 heavy (non-hydrogen) atoms. The van der Waals surface area contributed by atoms with Crippen LogP contribution in [0, 0.1) is 23.7 Å². The van der Waals surface area contributed by atoms with Crippen molar-refractivity contribution in [1.29, 1.82) is 0 Å². The van der Waals surface area contributed by atoms with E-state index < -0.39 is 0 Å². The second-order valence-electron chi connectivity index (χ2n) is 12.9. The molecule has 0 aliphatic rings. The molecular weight excluding hydrogens is 510 g/mol. The van der Waals surface area contributed by atoms with Crippen molar-refractivity contribution in [3.8, 4) is 0 Å². The van der Waals surface area contributed by atoms with E-state index in [0.717, 1.165) is 54.8 Å². The van der Waals surface area contributed by atoms with Gasteiger partial charge in [-0.15, -0.1) is 15.3 Å². The summed E-state index contributed by atoms with van der Waals surface area (Å²) in [6.07, 6.45) is 10.6. The van der Waals surface area contributed by atoms with Gasteiger partial charge < -0.3 is 0 Å². The van der Waals surface area contributed by atoms with Crippen LogP contribution in [0.4, 0.5) is 0 Å². The summed E-state index contributed by atoms with van der Waals surface area (Å²) in [5.74, 6) is 3.24. The molecule has 9 heteroatoms. The van der Waals surface area contributed by atoms with Crippen LogP contribution in [0.5, 0.6) is 0 Å². The van der Waals surface area contributed by atoms with Gasteiger partial charge in [-0.2, -0.15) is 0 Å². The molecule has 3 aromatic heterocycles. The van der Waals surface area contributed by atoms with Crippen LogP contribution in [0.25, 0.3) is 0 Å². The average molecular weight is 576 g/mol. The van der Waals surface area contributed by atoms with Gasteiger partial charge in [0.05, 0.1) is 17.1 Å². The Hall–Kier alpha value is -2.58. The van der Waals surface area contributed by atoms with Crippen LogP contribution in [0.3, 0.4) is 0 Å². The predicted molar refractivity (Wildman–Crippen MR) is 174 cm³/mol. The highest BCUT2D eigenvalue weighted by Gasteiger charge is 2.06. The van der Waals surface area contributed by atoms with Crippen molar-refractivity contribution < 1.29 is 0 Å². The number of aryl methyl sites for hydroxylation is 2. The lowest BCUT2D eigenvalue weighted by Gasteiger charge is -2.02. The minimum absolute atomic E-state index is 0. The van der Waals surface area contributed by atoms with Crippen LogP contribution in [0.2, 0.25) is 0 Å². The smallest absolute Gasteiger partial charge is 0.0852 e. The summed E-state index contributed by atoms with van der Waals surface area (Å²) in [5.41, 5.74) is 3.31. The zero-order valence-corrected chi connectivity index (χ0v) is 27.0. The largest absolute Gasteiger partial charge is 0.252 e. The molecule has 0 fully saturated rings. The van der Waals surface area contributed by atoms with E-state index in [2.05, 4.69) is 120 Å². The lowest BCUT2D eigenvalue weighted by Crippen LogP contribution is -2.04.